The fourth-order valence-corrected chi connectivity index (χ4v) is 4.34. The summed E-state index contributed by atoms with van der Waals surface area (Å²) >= 11 is 0. The number of Topliss-reactive ketones (excluding diaryl/α,β-unsaturated/α-hetero) is 1. The number of carbonyl (C=O) groups excluding carboxylic acids is 2. The van der Waals surface area contributed by atoms with Gasteiger partial charge in [-0.1, -0.05) is 64.8 Å². The number of ether oxygens (including phenoxy) is 1. The van der Waals surface area contributed by atoms with Gasteiger partial charge in [0.1, 0.15) is 11.5 Å². The van der Waals surface area contributed by atoms with Gasteiger partial charge in [0, 0.05) is 18.7 Å². The summed E-state index contributed by atoms with van der Waals surface area (Å²) in [6, 6.07) is 14.4. The number of amides is 1. The van der Waals surface area contributed by atoms with Crippen molar-refractivity contribution in [3.8, 4) is 5.75 Å². The molecular weight excluding hydrogens is 452 g/mol. The van der Waals surface area contributed by atoms with Crippen LogP contribution in [0.3, 0.4) is 0 Å². The van der Waals surface area contributed by atoms with Crippen molar-refractivity contribution in [2.75, 3.05) is 33.8 Å². The molecule has 0 spiro atoms. The first-order valence-corrected chi connectivity index (χ1v) is 12.8. The van der Waals surface area contributed by atoms with E-state index in [4.69, 9.17) is 4.74 Å². The number of rotatable bonds is 10. The first-order valence-electron chi connectivity index (χ1n) is 12.8. The molecule has 1 amide bonds. The second-order valence-electron chi connectivity index (χ2n) is 10.7. The van der Waals surface area contributed by atoms with E-state index >= 15 is 0 Å². The van der Waals surface area contributed by atoms with Crippen LogP contribution in [0.5, 0.6) is 5.75 Å². The number of aliphatic hydroxyl groups excluding tert-OH is 1. The molecule has 194 valence electrons. The number of likely N-dealkylation sites (N-methyl/N-ethyl adjacent to an activating group) is 1. The number of hydrogen-bond donors (Lipinski definition) is 1. The third-order valence-electron chi connectivity index (χ3n) is 6.56. The van der Waals surface area contributed by atoms with Crippen molar-refractivity contribution in [1.82, 2.24) is 9.80 Å². The predicted octanol–water partition coefficient (Wildman–Crippen LogP) is 5.54. The standard InChI is InChI=1S/C30H40N2O4/c1-7-8-9-20-36-24-16-12-22(13-17-24)27(33)25-26(21-10-14-23(15-11-21)30(2,3)4)32(19-18-31(5)6)29(35)28(25)34/h10-17,26,33H,7-9,18-20H2,1-6H3/b27-25-. The molecule has 1 atom stereocenters. The number of unbranched alkanes of at least 4 members (excludes halogenated alkanes) is 2. The number of carbonyl (C=O) groups is 2. The van der Waals surface area contributed by atoms with Crippen LogP contribution in [0.2, 0.25) is 0 Å². The Morgan fingerprint density at radius 3 is 2.19 bits per heavy atom. The van der Waals surface area contributed by atoms with Crippen LogP contribution < -0.4 is 4.74 Å². The molecule has 1 aliphatic heterocycles. The molecule has 0 aliphatic carbocycles. The molecule has 0 aromatic heterocycles. The Hall–Kier alpha value is -3.12. The summed E-state index contributed by atoms with van der Waals surface area (Å²) in [5.41, 5.74) is 2.55. The van der Waals surface area contributed by atoms with Crippen molar-refractivity contribution < 1.29 is 19.4 Å². The van der Waals surface area contributed by atoms with Gasteiger partial charge < -0.3 is 19.6 Å². The van der Waals surface area contributed by atoms with E-state index in [-0.39, 0.29) is 16.7 Å². The molecule has 3 rings (SSSR count). The Balaban J connectivity index is 1.99. The maximum Gasteiger partial charge on any atom is 0.295 e. The largest absolute Gasteiger partial charge is 0.507 e. The molecule has 2 aromatic carbocycles. The highest BCUT2D eigenvalue weighted by Gasteiger charge is 2.45. The van der Waals surface area contributed by atoms with E-state index in [0.717, 1.165) is 30.4 Å². The third kappa shape index (κ3) is 6.35. The lowest BCUT2D eigenvalue weighted by molar-refractivity contribution is -0.140. The number of nitrogens with zero attached hydrogens (tertiary/aromatic N) is 2. The highest BCUT2D eigenvalue weighted by atomic mass is 16.5. The Bertz CT molecular complexity index is 1080. The number of likely N-dealkylation sites (tertiary alicyclic amines) is 1. The van der Waals surface area contributed by atoms with Crippen LogP contribution in [0.25, 0.3) is 5.76 Å². The van der Waals surface area contributed by atoms with E-state index in [1.165, 1.54) is 0 Å². The fraction of sp³-hybridized carbons (Fsp3) is 0.467. The highest BCUT2D eigenvalue weighted by molar-refractivity contribution is 6.46. The zero-order valence-corrected chi connectivity index (χ0v) is 22.5. The van der Waals surface area contributed by atoms with Gasteiger partial charge in [0.05, 0.1) is 18.2 Å². The van der Waals surface area contributed by atoms with Crippen molar-refractivity contribution in [3.05, 3.63) is 70.8 Å². The van der Waals surface area contributed by atoms with Crippen LogP contribution in [0.15, 0.2) is 54.1 Å². The SMILES string of the molecule is CCCCCOc1ccc(/C(O)=C2/C(=O)C(=O)N(CCN(C)C)C2c2ccc(C(C)(C)C)cc2)cc1. The van der Waals surface area contributed by atoms with E-state index in [1.807, 2.05) is 43.3 Å². The van der Waals surface area contributed by atoms with Gasteiger partial charge in [0.25, 0.3) is 11.7 Å². The van der Waals surface area contributed by atoms with Gasteiger partial charge >= 0.3 is 0 Å². The lowest BCUT2D eigenvalue weighted by Crippen LogP contribution is -2.35. The van der Waals surface area contributed by atoms with E-state index in [0.29, 0.717) is 31.0 Å². The molecule has 2 aromatic rings. The van der Waals surface area contributed by atoms with E-state index in [1.54, 1.807) is 29.2 Å². The van der Waals surface area contributed by atoms with Gasteiger partial charge in [0.2, 0.25) is 0 Å². The molecule has 36 heavy (non-hydrogen) atoms. The molecule has 1 aliphatic rings. The first kappa shape index (κ1) is 27.5. The van der Waals surface area contributed by atoms with Crippen molar-refractivity contribution >= 4 is 17.4 Å². The summed E-state index contributed by atoms with van der Waals surface area (Å²) in [6.45, 7) is 10.2. The number of benzene rings is 2. The lowest BCUT2D eigenvalue weighted by Gasteiger charge is -2.27. The molecule has 0 radical (unpaired) electrons. The van der Waals surface area contributed by atoms with E-state index in [9.17, 15) is 14.7 Å². The van der Waals surface area contributed by atoms with Gasteiger partial charge in [0.15, 0.2) is 0 Å². The van der Waals surface area contributed by atoms with Crippen molar-refractivity contribution in [2.45, 2.75) is 58.4 Å². The van der Waals surface area contributed by atoms with Gasteiger partial charge in [-0.25, -0.2) is 0 Å². The van der Waals surface area contributed by atoms with E-state index < -0.39 is 17.7 Å². The number of hydrogen-bond acceptors (Lipinski definition) is 5. The first-order chi connectivity index (χ1) is 17.0. The Kier molecular flexibility index (Phi) is 8.96. The van der Waals surface area contributed by atoms with Crippen molar-refractivity contribution in [1.29, 1.82) is 0 Å². The predicted molar refractivity (Wildman–Crippen MR) is 144 cm³/mol. The molecule has 0 bridgehead atoms. The van der Waals surface area contributed by atoms with Crippen LogP contribution >= 0.6 is 0 Å². The average molecular weight is 493 g/mol. The monoisotopic (exact) mass is 492 g/mol. The average Bonchev–Trinajstić information content (AvgIpc) is 3.09. The molecule has 0 saturated carbocycles. The lowest BCUT2D eigenvalue weighted by atomic mass is 9.85. The number of aliphatic hydroxyl groups is 1. The molecule has 1 N–H and O–H groups in total. The van der Waals surface area contributed by atoms with Gasteiger partial charge in [-0.05, 0) is 61.3 Å². The molecule has 1 fully saturated rings. The van der Waals surface area contributed by atoms with Crippen LogP contribution in [-0.2, 0) is 15.0 Å². The molecule has 6 nitrogen and oxygen atoms in total. The summed E-state index contributed by atoms with van der Waals surface area (Å²) in [5.74, 6) is -0.693. The Labute approximate surface area is 215 Å². The third-order valence-corrected chi connectivity index (χ3v) is 6.56. The maximum atomic E-state index is 13.2. The second-order valence-corrected chi connectivity index (χ2v) is 10.7. The zero-order chi connectivity index (χ0) is 26.5. The Morgan fingerprint density at radius 2 is 1.64 bits per heavy atom. The molecule has 6 heteroatoms. The number of ketones is 1. The summed E-state index contributed by atoms with van der Waals surface area (Å²) in [4.78, 5) is 29.8. The summed E-state index contributed by atoms with van der Waals surface area (Å²) in [5, 5.41) is 11.3. The smallest absolute Gasteiger partial charge is 0.295 e. The minimum absolute atomic E-state index is 0.0222. The van der Waals surface area contributed by atoms with Crippen molar-refractivity contribution in [3.63, 3.8) is 0 Å². The van der Waals surface area contributed by atoms with Gasteiger partial charge in [-0.15, -0.1) is 0 Å². The molecule has 1 heterocycles. The highest BCUT2D eigenvalue weighted by Crippen LogP contribution is 2.40. The van der Waals surface area contributed by atoms with Crippen LogP contribution in [0, 0.1) is 0 Å². The van der Waals surface area contributed by atoms with Gasteiger partial charge in [-0.3, -0.25) is 9.59 Å². The normalized spacial score (nSPS) is 17.8. The fourth-order valence-electron chi connectivity index (χ4n) is 4.34. The minimum atomic E-state index is -0.656. The quantitative estimate of drug-likeness (QED) is 0.204. The zero-order valence-electron chi connectivity index (χ0n) is 22.5. The molecule has 1 saturated heterocycles. The maximum absolute atomic E-state index is 13.2. The summed E-state index contributed by atoms with van der Waals surface area (Å²) < 4.78 is 5.78. The minimum Gasteiger partial charge on any atom is -0.507 e. The second kappa shape index (κ2) is 11.7. The summed E-state index contributed by atoms with van der Waals surface area (Å²) in [7, 11) is 3.85. The van der Waals surface area contributed by atoms with Gasteiger partial charge in [-0.2, -0.15) is 0 Å². The molecule has 1 unspecified atom stereocenters. The van der Waals surface area contributed by atoms with Crippen LogP contribution in [0.1, 0.15) is 69.7 Å². The van der Waals surface area contributed by atoms with Crippen LogP contribution in [0.4, 0.5) is 0 Å². The summed E-state index contributed by atoms with van der Waals surface area (Å²) in [6.07, 6.45) is 3.23. The van der Waals surface area contributed by atoms with Crippen LogP contribution in [-0.4, -0.2) is 60.4 Å². The topological polar surface area (TPSA) is 70.1 Å². The Morgan fingerprint density at radius 1 is 1.00 bits per heavy atom. The van der Waals surface area contributed by atoms with Crippen molar-refractivity contribution in [2.24, 2.45) is 0 Å². The molecular formula is C30H40N2O4. The van der Waals surface area contributed by atoms with E-state index in [2.05, 4.69) is 27.7 Å².